The van der Waals surface area contributed by atoms with E-state index in [0.29, 0.717) is 18.6 Å². The van der Waals surface area contributed by atoms with E-state index < -0.39 is 0 Å². The van der Waals surface area contributed by atoms with Crippen molar-refractivity contribution in [2.75, 3.05) is 7.05 Å². The summed E-state index contributed by atoms with van der Waals surface area (Å²) in [5, 5.41) is 20.1. The zero-order valence-corrected chi connectivity index (χ0v) is 18.8. The lowest BCUT2D eigenvalue weighted by molar-refractivity contribution is 0.499. The zero-order chi connectivity index (χ0) is 18.8. The molecule has 3 aromatic rings. The van der Waals surface area contributed by atoms with Gasteiger partial charge in [-0.15, -0.1) is 34.2 Å². The van der Waals surface area contributed by atoms with Crippen molar-refractivity contribution in [3.8, 4) is 0 Å². The number of aliphatic imine (C=N–C) groups is 1. The van der Waals surface area contributed by atoms with E-state index in [1.54, 1.807) is 7.05 Å². The molecular formula is C19H27IN8. The van der Waals surface area contributed by atoms with Gasteiger partial charge >= 0.3 is 0 Å². The SMILES string of the molecule is CN=C(NCc1nnc2ccccn12)NC1CCc2cn(C(C)C)nc2C1.I. The van der Waals surface area contributed by atoms with E-state index in [2.05, 4.69) is 50.5 Å². The van der Waals surface area contributed by atoms with Gasteiger partial charge in [-0.1, -0.05) is 6.07 Å². The lowest BCUT2D eigenvalue weighted by atomic mass is 9.94. The number of aryl methyl sites for hydroxylation is 1. The van der Waals surface area contributed by atoms with Crippen LogP contribution in [0.4, 0.5) is 0 Å². The van der Waals surface area contributed by atoms with Crippen LogP contribution in [0.3, 0.4) is 0 Å². The van der Waals surface area contributed by atoms with Crippen LogP contribution in [0.1, 0.15) is 43.4 Å². The van der Waals surface area contributed by atoms with E-state index in [1.807, 2.05) is 28.8 Å². The van der Waals surface area contributed by atoms with Gasteiger partial charge in [0.15, 0.2) is 17.4 Å². The number of hydrogen-bond donors (Lipinski definition) is 2. The second-order valence-electron chi connectivity index (χ2n) is 7.23. The third-order valence-corrected chi connectivity index (χ3v) is 4.99. The van der Waals surface area contributed by atoms with Crippen LogP contribution in [0.2, 0.25) is 0 Å². The van der Waals surface area contributed by atoms with E-state index >= 15 is 0 Å². The third kappa shape index (κ3) is 4.29. The number of aromatic nitrogens is 5. The molecule has 0 spiro atoms. The predicted molar refractivity (Wildman–Crippen MR) is 120 cm³/mol. The standard InChI is InChI=1S/C19H26N8.HI/c1-13(2)27-12-14-7-8-15(10-16(14)25-27)22-19(20-3)21-11-18-24-23-17-6-4-5-9-26(17)18;/h4-6,9,12-13,15H,7-8,10-11H2,1-3H3,(H2,20,21,22);1H. The molecule has 9 heteroatoms. The number of guanidine groups is 1. The van der Waals surface area contributed by atoms with Gasteiger partial charge in [-0.25, -0.2) is 0 Å². The van der Waals surface area contributed by atoms with E-state index in [1.165, 1.54) is 11.3 Å². The number of nitrogens with zero attached hydrogens (tertiary/aromatic N) is 6. The van der Waals surface area contributed by atoms with Crippen LogP contribution >= 0.6 is 24.0 Å². The number of fused-ring (bicyclic) bond motifs is 2. The van der Waals surface area contributed by atoms with E-state index in [9.17, 15) is 0 Å². The van der Waals surface area contributed by atoms with Crippen LogP contribution in [-0.2, 0) is 19.4 Å². The predicted octanol–water partition coefficient (Wildman–Crippen LogP) is 2.35. The summed E-state index contributed by atoms with van der Waals surface area (Å²) in [5.74, 6) is 1.63. The Hall–Kier alpha value is -2.17. The first-order valence-electron chi connectivity index (χ1n) is 9.46. The molecule has 0 saturated carbocycles. The monoisotopic (exact) mass is 494 g/mol. The van der Waals surface area contributed by atoms with Crippen LogP contribution in [0.25, 0.3) is 5.65 Å². The number of hydrogen-bond acceptors (Lipinski definition) is 4. The molecular weight excluding hydrogens is 467 g/mol. The van der Waals surface area contributed by atoms with Crippen molar-refractivity contribution in [3.05, 3.63) is 47.7 Å². The molecule has 0 fully saturated rings. The Labute approximate surface area is 181 Å². The van der Waals surface area contributed by atoms with E-state index in [-0.39, 0.29) is 24.0 Å². The van der Waals surface area contributed by atoms with Gasteiger partial charge in [-0.05, 0) is 44.4 Å². The summed E-state index contributed by atoms with van der Waals surface area (Å²) < 4.78 is 4.04. The highest BCUT2D eigenvalue weighted by Crippen LogP contribution is 2.21. The van der Waals surface area contributed by atoms with Crippen molar-refractivity contribution >= 4 is 35.6 Å². The van der Waals surface area contributed by atoms with Crippen LogP contribution in [0.5, 0.6) is 0 Å². The Kier molecular flexibility index (Phi) is 6.53. The molecule has 3 heterocycles. The molecule has 28 heavy (non-hydrogen) atoms. The summed E-state index contributed by atoms with van der Waals surface area (Å²) in [5.41, 5.74) is 3.42. The largest absolute Gasteiger partial charge is 0.353 e. The molecule has 1 aliphatic carbocycles. The second kappa shape index (κ2) is 8.89. The van der Waals surface area contributed by atoms with Crippen molar-refractivity contribution in [2.24, 2.45) is 4.99 Å². The zero-order valence-electron chi connectivity index (χ0n) is 16.5. The molecule has 3 aromatic heterocycles. The summed E-state index contributed by atoms with van der Waals surface area (Å²) >= 11 is 0. The average Bonchev–Trinajstić information content (AvgIpc) is 3.29. The maximum Gasteiger partial charge on any atom is 0.191 e. The maximum atomic E-state index is 4.75. The summed E-state index contributed by atoms with van der Waals surface area (Å²) in [7, 11) is 1.79. The molecule has 8 nitrogen and oxygen atoms in total. The smallest absolute Gasteiger partial charge is 0.191 e. The minimum absolute atomic E-state index is 0. The summed E-state index contributed by atoms with van der Waals surface area (Å²) in [6.07, 6.45) is 7.20. The highest BCUT2D eigenvalue weighted by Gasteiger charge is 2.23. The maximum absolute atomic E-state index is 4.75. The van der Waals surface area contributed by atoms with Crippen LogP contribution in [0.15, 0.2) is 35.6 Å². The minimum atomic E-state index is 0. The molecule has 0 aromatic carbocycles. The first-order valence-corrected chi connectivity index (χ1v) is 9.46. The summed E-state index contributed by atoms with van der Waals surface area (Å²) in [6, 6.07) is 6.60. The minimum Gasteiger partial charge on any atom is -0.353 e. The lowest BCUT2D eigenvalue weighted by Crippen LogP contribution is -2.45. The van der Waals surface area contributed by atoms with Crippen LogP contribution in [-0.4, -0.2) is 43.4 Å². The van der Waals surface area contributed by atoms with Gasteiger partial charge in [-0.3, -0.25) is 14.1 Å². The Morgan fingerprint density at radius 1 is 1.32 bits per heavy atom. The molecule has 0 amide bonds. The van der Waals surface area contributed by atoms with Gasteiger partial charge in [0.25, 0.3) is 0 Å². The van der Waals surface area contributed by atoms with E-state index in [0.717, 1.165) is 36.7 Å². The number of halogens is 1. The van der Waals surface area contributed by atoms with Crippen molar-refractivity contribution < 1.29 is 0 Å². The molecule has 0 bridgehead atoms. The van der Waals surface area contributed by atoms with Crippen LogP contribution in [0, 0.1) is 0 Å². The molecule has 0 aliphatic heterocycles. The van der Waals surface area contributed by atoms with E-state index in [4.69, 9.17) is 5.10 Å². The fraction of sp³-hybridized carbons (Fsp3) is 0.474. The number of nitrogens with one attached hydrogen (secondary N) is 2. The Bertz CT molecular complexity index is 958. The van der Waals surface area contributed by atoms with Gasteiger partial charge < -0.3 is 10.6 Å². The van der Waals surface area contributed by atoms with Gasteiger partial charge in [0.1, 0.15) is 0 Å². The van der Waals surface area contributed by atoms with Crippen molar-refractivity contribution in [3.63, 3.8) is 0 Å². The average molecular weight is 494 g/mol. The van der Waals surface area contributed by atoms with Gasteiger partial charge in [-0.2, -0.15) is 5.10 Å². The lowest BCUT2D eigenvalue weighted by Gasteiger charge is -2.24. The first kappa shape index (κ1) is 20.6. The molecule has 1 aliphatic rings. The van der Waals surface area contributed by atoms with Gasteiger partial charge in [0, 0.05) is 37.9 Å². The highest BCUT2D eigenvalue weighted by atomic mass is 127. The molecule has 0 radical (unpaired) electrons. The Morgan fingerprint density at radius 2 is 2.18 bits per heavy atom. The Morgan fingerprint density at radius 3 is 2.96 bits per heavy atom. The fourth-order valence-electron chi connectivity index (χ4n) is 3.46. The number of rotatable bonds is 4. The summed E-state index contributed by atoms with van der Waals surface area (Å²) in [4.78, 5) is 4.36. The number of pyridine rings is 1. The quantitative estimate of drug-likeness (QED) is 0.331. The fourth-order valence-corrected chi connectivity index (χ4v) is 3.46. The van der Waals surface area contributed by atoms with Gasteiger partial charge in [0.2, 0.25) is 0 Å². The second-order valence-corrected chi connectivity index (χ2v) is 7.23. The van der Waals surface area contributed by atoms with Crippen molar-refractivity contribution in [1.82, 2.24) is 35.0 Å². The molecule has 1 unspecified atom stereocenters. The third-order valence-electron chi connectivity index (χ3n) is 4.99. The normalized spacial score (nSPS) is 16.7. The van der Waals surface area contributed by atoms with Crippen LogP contribution < -0.4 is 10.6 Å². The van der Waals surface area contributed by atoms with Crippen molar-refractivity contribution in [1.29, 1.82) is 0 Å². The summed E-state index contributed by atoms with van der Waals surface area (Å²) in [6.45, 7) is 4.88. The molecule has 2 N–H and O–H groups in total. The molecule has 150 valence electrons. The Balaban J connectivity index is 0.00000225. The molecule has 1 atom stereocenters. The van der Waals surface area contributed by atoms with Gasteiger partial charge in [0.05, 0.1) is 12.2 Å². The topological polar surface area (TPSA) is 84.4 Å². The van der Waals surface area contributed by atoms with Crippen molar-refractivity contribution in [2.45, 2.75) is 51.7 Å². The molecule has 0 saturated heterocycles. The molecule has 4 rings (SSSR count). The first-order chi connectivity index (χ1) is 13.1. The highest BCUT2D eigenvalue weighted by molar-refractivity contribution is 14.0.